The second-order valence-corrected chi connectivity index (χ2v) is 3.88. The molecule has 0 aromatic carbocycles. The predicted molar refractivity (Wildman–Crippen MR) is 56.2 cm³/mol. The number of imidazole rings is 1. The lowest BCUT2D eigenvalue weighted by atomic mass is 9.95. The topological polar surface area (TPSA) is 48.6 Å². The molecule has 1 heterocycles. The van der Waals surface area contributed by atoms with Crippen LogP contribution in [0.2, 0.25) is 0 Å². The number of rotatable bonds is 3. The third kappa shape index (κ3) is 1.81. The highest BCUT2D eigenvalue weighted by atomic mass is 16.1. The van der Waals surface area contributed by atoms with Gasteiger partial charge < -0.3 is 9.97 Å². The lowest BCUT2D eigenvalue weighted by molar-refractivity contribution is 0.581. The lowest BCUT2D eigenvalue weighted by Crippen LogP contribution is -2.06. The Morgan fingerprint density at radius 2 is 2.43 bits per heavy atom. The first-order valence-corrected chi connectivity index (χ1v) is 5.25. The van der Waals surface area contributed by atoms with E-state index in [1.54, 1.807) is 11.8 Å². The van der Waals surface area contributed by atoms with Crippen LogP contribution in [-0.4, -0.2) is 9.97 Å². The molecule has 1 unspecified atom stereocenters. The van der Waals surface area contributed by atoms with E-state index < -0.39 is 0 Å². The van der Waals surface area contributed by atoms with Gasteiger partial charge in [0.1, 0.15) is 0 Å². The minimum atomic E-state index is -0.0972. The Hall–Kier alpha value is -1.25. The van der Waals surface area contributed by atoms with E-state index in [1.807, 2.05) is 0 Å². The molecule has 3 heteroatoms. The SMILES string of the molecule is CCC1=CCCC1Cc1c[nH]c(=O)[nH]1. The summed E-state index contributed by atoms with van der Waals surface area (Å²) in [6.07, 6.45) is 8.67. The molecular weight excluding hydrogens is 176 g/mol. The molecule has 1 atom stereocenters. The van der Waals surface area contributed by atoms with Gasteiger partial charge in [-0.1, -0.05) is 18.6 Å². The van der Waals surface area contributed by atoms with E-state index in [0.717, 1.165) is 18.5 Å². The van der Waals surface area contributed by atoms with Crippen molar-refractivity contribution in [2.45, 2.75) is 32.6 Å². The maximum absolute atomic E-state index is 10.9. The van der Waals surface area contributed by atoms with E-state index >= 15 is 0 Å². The molecule has 1 aromatic rings. The van der Waals surface area contributed by atoms with Crippen molar-refractivity contribution >= 4 is 0 Å². The lowest BCUT2D eigenvalue weighted by Gasteiger charge is -2.11. The normalized spacial score (nSPS) is 21.2. The maximum Gasteiger partial charge on any atom is 0.323 e. The van der Waals surface area contributed by atoms with E-state index in [0.29, 0.717) is 5.92 Å². The summed E-state index contributed by atoms with van der Waals surface area (Å²) in [5.41, 5.74) is 2.48. The van der Waals surface area contributed by atoms with Crippen LogP contribution in [0.15, 0.2) is 22.6 Å². The zero-order valence-electron chi connectivity index (χ0n) is 8.47. The van der Waals surface area contributed by atoms with Crippen LogP contribution in [0.4, 0.5) is 0 Å². The molecule has 1 aliphatic rings. The molecule has 0 fully saturated rings. The van der Waals surface area contributed by atoms with Gasteiger partial charge in [0.2, 0.25) is 0 Å². The van der Waals surface area contributed by atoms with Crippen LogP contribution in [-0.2, 0) is 6.42 Å². The minimum absolute atomic E-state index is 0.0972. The summed E-state index contributed by atoms with van der Waals surface area (Å²) in [4.78, 5) is 16.3. The maximum atomic E-state index is 10.9. The molecule has 1 aromatic heterocycles. The first-order valence-electron chi connectivity index (χ1n) is 5.25. The van der Waals surface area contributed by atoms with Crippen molar-refractivity contribution in [1.82, 2.24) is 9.97 Å². The Balaban J connectivity index is 2.05. The highest BCUT2D eigenvalue weighted by molar-refractivity contribution is 5.15. The minimum Gasteiger partial charge on any atom is -0.313 e. The molecule has 0 aliphatic heterocycles. The number of nitrogens with one attached hydrogen (secondary N) is 2. The third-order valence-corrected chi connectivity index (χ3v) is 2.97. The Kier molecular flexibility index (Phi) is 2.57. The fraction of sp³-hybridized carbons (Fsp3) is 0.545. The number of H-pyrrole nitrogens is 2. The summed E-state index contributed by atoms with van der Waals surface area (Å²) < 4.78 is 0. The summed E-state index contributed by atoms with van der Waals surface area (Å²) in [6, 6.07) is 0. The Morgan fingerprint density at radius 1 is 1.57 bits per heavy atom. The first kappa shape index (κ1) is 9.31. The summed E-state index contributed by atoms with van der Waals surface area (Å²) in [5.74, 6) is 0.645. The van der Waals surface area contributed by atoms with Gasteiger partial charge in [-0.2, -0.15) is 0 Å². The summed E-state index contributed by atoms with van der Waals surface area (Å²) >= 11 is 0. The van der Waals surface area contributed by atoms with Crippen molar-refractivity contribution in [2.75, 3.05) is 0 Å². The summed E-state index contributed by atoms with van der Waals surface area (Å²) in [7, 11) is 0. The van der Waals surface area contributed by atoms with E-state index in [2.05, 4.69) is 23.0 Å². The van der Waals surface area contributed by atoms with Crippen LogP contribution in [0.5, 0.6) is 0 Å². The number of hydrogen-bond donors (Lipinski definition) is 2. The van der Waals surface area contributed by atoms with Crippen LogP contribution in [0, 0.1) is 5.92 Å². The molecule has 0 spiro atoms. The summed E-state index contributed by atoms with van der Waals surface area (Å²) in [6.45, 7) is 2.20. The second kappa shape index (κ2) is 3.86. The van der Waals surface area contributed by atoms with Gasteiger partial charge in [-0.05, 0) is 31.6 Å². The fourth-order valence-electron chi connectivity index (χ4n) is 2.23. The standard InChI is InChI=1S/C11H16N2O/c1-2-8-4-3-5-9(8)6-10-7-12-11(14)13-10/h4,7,9H,2-3,5-6H2,1H3,(H2,12,13,14). The fourth-order valence-corrected chi connectivity index (χ4v) is 2.23. The van der Waals surface area contributed by atoms with Gasteiger partial charge >= 0.3 is 5.69 Å². The molecule has 0 radical (unpaired) electrons. The monoisotopic (exact) mass is 192 g/mol. The molecule has 0 amide bonds. The summed E-state index contributed by atoms with van der Waals surface area (Å²) in [5, 5.41) is 0. The van der Waals surface area contributed by atoms with Crippen LogP contribution in [0.25, 0.3) is 0 Å². The molecule has 0 bridgehead atoms. The Bertz CT molecular complexity index is 386. The van der Waals surface area contributed by atoms with Crippen molar-refractivity contribution in [3.8, 4) is 0 Å². The molecular formula is C11H16N2O. The number of aromatic amines is 2. The van der Waals surface area contributed by atoms with Crippen LogP contribution in [0.3, 0.4) is 0 Å². The Morgan fingerprint density at radius 3 is 3.07 bits per heavy atom. The smallest absolute Gasteiger partial charge is 0.313 e. The quantitative estimate of drug-likeness (QED) is 0.707. The molecule has 0 saturated carbocycles. The van der Waals surface area contributed by atoms with E-state index in [4.69, 9.17) is 0 Å². The second-order valence-electron chi connectivity index (χ2n) is 3.88. The molecule has 76 valence electrons. The van der Waals surface area contributed by atoms with Gasteiger partial charge in [0.25, 0.3) is 0 Å². The van der Waals surface area contributed by atoms with Gasteiger partial charge in [0.05, 0.1) is 0 Å². The van der Waals surface area contributed by atoms with E-state index in [-0.39, 0.29) is 5.69 Å². The molecule has 0 saturated heterocycles. The zero-order valence-corrected chi connectivity index (χ0v) is 8.47. The van der Waals surface area contributed by atoms with Crippen molar-refractivity contribution < 1.29 is 0 Å². The van der Waals surface area contributed by atoms with Gasteiger partial charge in [-0.15, -0.1) is 0 Å². The molecule has 2 N–H and O–H groups in total. The first-order chi connectivity index (χ1) is 6.79. The van der Waals surface area contributed by atoms with Gasteiger partial charge in [-0.3, -0.25) is 0 Å². The highest BCUT2D eigenvalue weighted by Gasteiger charge is 2.18. The highest BCUT2D eigenvalue weighted by Crippen LogP contribution is 2.30. The van der Waals surface area contributed by atoms with E-state index in [9.17, 15) is 4.79 Å². The van der Waals surface area contributed by atoms with Gasteiger partial charge in [0, 0.05) is 11.9 Å². The van der Waals surface area contributed by atoms with Crippen molar-refractivity contribution in [1.29, 1.82) is 0 Å². The van der Waals surface area contributed by atoms with Crippen molar-refractivity contribution in [3.63, 3.8) is 0 Å². The van der Waals surface area contributed by atoms with Crippen LogP contribution >= 0.6 is 0 Å². The Labute approximate surface area is 83.2 Å². The molecule has 3 nitrogen and oxygen atoms in total. The average Bonchev–Trinajstić information content (AvgIpc) is 2.76. The van der Waals surface area contributed by atoms with Crippen molar-refractivity contribution in [2.24, 2.45) is 5.92 Å². The average molecular weight is 192 g/mol. The third-order valence-electron chi connectivity index (χ3n) is 2.97. The van der Waals surface area contributed by atoms with Crippen LogP contribution in [0.1, 0.15) is 31.9 Å². The molecule has 14 heavy (non-hydrogen) atoms. The number of aromatic nitrogens is 2. The van der Waals surface area contributed by atoms with E-state index in [1.165, 1.54) is 12.8 Å². The van der Waals surface area contributed by atoms with Gasteiger partial charge in [-0.25, -0.2) is 4.79 Å². The van der Waals surface area contributed by atoms with Crippen molar-refractivity contribution in [3.05, 3.63) is 34.0 Å². The number of allylic oxidation sites excluding steroid dienone is 2. The number of hydrogen-bond acceptors (Lipinski definition) is 1. The van der Waals surface area contributed by atoms with Crippen LogP contribution < -0.4 is 5.69 Å². The molecule has 1 aliphatic carbocycles. The largest absolute Gasteiger partial charge is 0.323 e. The predicted octanol–water partition coefficient (Wildman–Crippen LogP) is 1.99. The van der Waals surface area contributed by atoms with Gasteiger partial charge in [0.15, 0.2) is 0 Å². The zero-order chi connectivity index (χ0) is 9.97. The molecule has 2 rings (SSSR count).